The van der Waals surface area contributed by atoms with Gasteiger partial charge in [-0.15, -0.1) is 0 Å². The topological polar surface area (TPSA) is 26.3 Å². The first kappa shape index (κ1) is 18.6. The zero-order chi connectivity index (χ0) is 13.4. The Bertz CT molecular complexity index is 247. The van der Waals surface area contributed by atoms with Crippen molar-refractivity contribution in [2.75, 3.05) is 12.3 Å². The molecule has 0 rings (SSSR count). The Morgan fingerprint density at radius 2 is 1.59 bits per heavy atom. The molecule has 0 aliphatic rings. The molecule has 100 valence electrons. The Balaban J connectivity index is 4.19. The second kappa shape index (κ2) is 10.4. The van der Waals surface area contributed by atoms with Crippen molar-refractivity contribution in [3.8, 4) is 0 Å². The summed E-state index contributed by atoms with van der Waals surface area (Å²) in [5.74, 6) is -0.280. The van der Waals surface area contributed by atoms with Gasteiger partial charge in [0.2, 0.25) is 0 Å². The predicted octanol–water partition coefficient (Wildman–Crippen LogP) is 5.51. The SMILES string of the molecule is C=C(C)C(=O)OP(CCC(Br)Br)CCC(Br)Br. The highest BCUT2D eigenvalue weighted by Gasteiger charge is 2.17. The summed E-state index contributed by atoms with van der Waals surface area (Å²) >= 11 is 13.7. The molecular weight excluding hydrogens is 503 g/mol. The third-order valence-electron chi connectivity index (χ3n) is 1.75. The molecule has 0 amide bonds. The van der Waals surface area contributed by atoms with Gasteiger partial charge in [-0.2, -0.15) is 0 Å². The summed E-state index contributed by atoms with van der Waals surface area (Å²) in [6.45, 7) is 5.27. The van der Waals surface area contributed by atoms with E-state index < -0.39 is 8.15 Å². The van der Waals surface area contributed by atoms with Gasteiger partial charge in [-0.3, -0.25) is 0 Å². The van der Waals surface area contributed by atoms with Gasteiger partial charge < -0.3 is 4.52 Å². The number of hydrogen-bond acceptors (Lipinski definition) is 2. The molecule has 0 atom stereocenters. The fourth-order valence-corrected chi connectivity index (χ4v) is 5.10. The molecule has 0 radical (unpaired) electrons. The van der Waals surface area contributed by atoms with Crippen LogP contribution < -0.4 is 0 Å². The van der Waals surface area contributed by atoms with E-state index in [1.165, 1.54) is 0 Å². The van der Waals surface area contributed by atoms with Gasteiger partial charge in [-0.05, 0) is 19.8 Å². The van der Waals surface area contributed by atoms with Crippen LogP contribution in [0.2, 0.25) is 0 Å². The average Bonchev–Trinajstić information content (AvgIpc) is 2.21. The molecule has 17 heavy (non-hydrogen) atoms. The molecule has 0 aromatic carbocycles. The zero-order valence-electron chi connectivity index (χ0n) is 9.47. The van der Waals surface area contributed by atoms with E-state index in [1.54, 1.807) is 6.92 Å². The highest BCUT2D eigenvalue weighted by atomic mass is 79.9. The molecule has 0 saturated heterocycles. The van der Waals surface area contributed by atoms with Crippen molar-refractivity contribution in [2.45, 2.75) is 27.2 Å². The number of carbonyl (C=O) groups is 1. The van der Waals surface area contributed by atoms with Crippen LogP contribution in [0.5, 0.6) is 0 Å². The molecule has 0 fully saturated rings. The van der Waals surface area contributed by atoms with Gasteiger partial charge >= 0.3 is 5.97 Å². The number of halogens is 4. The zero-order valence-corrected chi connectivity index (χ0v) is 16.7. The van der Waals surface area contributed by atoms with Gasteiger partial charge in [-0.25, -0.2) is 4.79 Å². The summed E-state index contributed by atoms with van der Waals surface area (Å²) < 4.78 is 6.00. The van der Waals surface area contributed by atoms with Gasteiger partial charge in [0, 0.05) is 17.9 Å². The minimum Gasteiger partial charge on any atom is -0.442 e. The van der Waals surface area contributed by atoms with Crippen LogP contribution in [0, 0.1) is 0 Å². The lowest BCUT2D eigenvalue weighted by Gasteiger charge is -2.18. The second-order valence-corrected chi connectivity index (χ2v) is 12.4. The summed E-state index contributed by atoms with van der Waals surface area (Å²) in [7, 11) is -0.728. The average molecular weight is 518 g/mol. The van der Waals surface area contributed by atoms with Crippen molar-refractivity contribution in [1.82, 2.24) is 0 Å². The summed E-state index contributed by atoms with van der Waals surface area (Å²) in [5, 5.41) is 0. The van der Waals surface area contributed by atoms with Gasteiger partial charge in [-0.1, -0.05) is 70.3 Å². The monoisotopic (exact) mass is 514 g/mol. The third-order valence-corrected chi connectivity index (χ3v) is 5.52. The summed E-state index contributed by atoms with van der Waals surface area (Å²) in [5.41, 5.74) is 0.459. The highest BCUT2D eigenvalue weighted by Crippen LogP contribution is 2.41. The van der Waals surface area contributed by atoms with E-state index in [-0.39, 0.29) is 13.4 Å². The van der Waals surface area contributed by atoms with E-state index >= 15 is 0 Å². The molecule has 0 aromatic heterocycles. The van der Waals surface area contributed by atoms with Crippen molar-refractivity contribution in [2.24, 2.45) is 0 Å². The largest absolute Gasteiger partial charge is 0.442 e. The van der Waals surface area contributed by atoms with E-state index in [0.717, 1.165) is 25.2 Å². The van der Waals surface area contributed by atoms with Crippen LogP contribution in [0.1, 0.15) is 19.8 Å². The first-order chi connectivity index (χ1) is 7.82. The smallest absolute Gasteiger partial charge is 0.335 e. The minimum absolute atomic E-state index is 0.271. The Kier molecular flexibility index (Phi) is 11.3. The lowest BCUT2D eigenvalue weighted by Crippen LogP contribution is -2.07. The summed E-state index contributed by atoms with van der Waals surface area (Å²) in [6, 6.07) is 0. The van der Waals surface area contributed by atoms with Gasteiger partial charge in [0.15, 0.2) is 0 Å². The standard InChI is InChI=1S/C10H15Br4O2P/c1-7(2)10(15)16-17(5-3-8(11)12)6-4-9(13)14/h8-9H,1,3-6H2,2H3. The van der Waals surface area contributed by atoms with E-state index in [1.807, 2.05) is 0 Å². The van der Waals surface area contributed by atoms with E-state index in [9.17, 15) is 4.79 Å². The maximum atomic E-state index is 11.5. The lowest BCUT2D eigenvalue weighted by atomic mass is 10.4. The summed E-state index contributed by atoms with van der Waals surface area (Å²) in [6.07, 6.45) is 3.65. The number of rotatable bonds is 8. The van der Waals surface area contributed by atoms with Gasteiger partial charge in [0.05, 0.1) is 15.6 Å². The Labute approximate surface area is 138 Å². The normalized spacial score (nSPS) is 11.3. The molecule has 0 aliphatic heterocycles. The first-order valence-corrected chi connectivity index (χ1v) is 10.3. The Morgan fingerprint density at radius 1 is 1.18 bits per heavy atom. The fourth-order valence-electron chi connectivity index (χ4n) is 0.881. The quantitative estimate of drug-likeness (QED) is 0.241. The summed E-state index contributed by atoms with van der Waals surface area (Å²) in [4.78, 5) is 11.5. The molecule has 0 N–H and O–H groups in total. The molecule has 0 spiro atoms. The molecule has 2 nitrogen and oxygen atoms in total. The van der Waals surface area contributed by atoms with Crippen LogP contribution in [0.25, 0.3) is 0 Å². The number of alkyl halides is 4. The van der Waals surface area contributed by atoms with Crippen molar-refractivity contribution >= 4 is 77.8 Å². The highest BCUT2D eigenvalue weighted by molar-refractivity contribution is 9.25. The van der Waals surface area contributed by atoms with Gasteiger partial charge in [0.1, 0.15) is 0 Å². The molecular formula is C10H15Br4O2P. The van der Waals surface area contributed by atoms with Crippen LogP contribution in [0.4, 0.5) is 0 Å². The van der Waals surface area contributed by atoms with Gasteiger partial charge in [0.25, 0.3) is 0 Å². The molecule has 0 aromatic rings. The Morgan fingerprint density at radius 3 is 1.88 bits per heavy atom. The second-order valence-electron chi connectivity index (χ2n) is 3.45. The molecule has 0 unspecified atom stereocenters. The third kappa shape index (κ3) is 11.1. The number of carbonyl (C=O) groups excluding carboxylic acids is 1. The van der Waals surface area contributed by atoms with Crippen LogP contribution >= 0.6 is 71.9 Å². The van der Waals surface area contributed by atoms with Crippen LogP contribution in [-0.4, -0.2) is 25.8 Å². The van der Waals surface area contributed by atoms with Crippen LogP contribution in [-0.2, 0) is 9.32 Å². The van der Waals surface area contributed by atoms with E-state index in [0.29, 0.717) is 5.57 Å². The maximum Gasteiger partial charge on any atom is 0.335 e. The predicted molar refractivity (Wildman–Crippen MR) is 90.1 cm³/mol. The molecule has 0 aliphatic carbocycles. The maximum absolute atomic E-state index is 11.5. The molecule has 0 heterocycles. The van der Waals surface area contributed by atoms with Crippen molar-refractivity contribution < 1.29 is 9.32 Å². The fraction of sp³-hybridized carbons (Fsp3) is 0.700. The van der Waals surface area contributed by atoms with Crippen LogP contribution in [0.3, 0.4) is 0 Å². The number of hydrogen-bond donors (Lipinski definition) is 0. The van der Waals surface area contributed by atoms with E-state index in [4.69, 9.17) is 4.52 Å². The minimum atomic E-state index is -0.728. The molecule has 0 saturated carbocycles. The van der Waals surface area contributed by atoms with Crippen molar-refractivity contribution in [3.05, 3.63) is 12.2 Å². The van der Waals surface area contributed by atoms with Crippen molar-refractivity contribution in [3.63, 3.8) is 0 Å². The Hall–Kier alpha value is 1.56. The van der Waals surface area contributed by atoms with E-state index in [2.05, 4.69) is 70.3 Å². The molecule has 7 heteroatoms. The molecule has 0 bridgehead atoms. The van der Waals surface area contributed by atoms with Crippen LogP contribution in [0.15, 0.2) is 12.2 Å². The lowest BCUT2D eigenvalue weighted by molar-refractivity contribution is -0.129. The van der Waals surface area contributed by atoms with Crippen molar-refractivity contribution in [1.29, 1.82) is 0 Å². The first-order valence-electron chi connectivity index (χ1n) is 5.02.